The molecule has 1 aromatic rings. The van der Waals surface area contributed by atoms with E-state index in [1.54, 1.807) is 6.92 Å². The van der Waals surface area contributed by atoms with Crippen LogP contribution in [-0.4, -0.2) is 35.4 Å². The van der Waals surface area contributed by atoms with Crippen LogP contribution in [0.4, 0.5) is 5.82 Å². The third-order valence-corrected chi connectivity index (χ3v) is 4.27. The highest BCUT2D eigenvalue weighted by atomic mass is 16.5. The molecule has 3 atom stereocenters. The van der Waals surface area contributed by atoms with Crippen LogP contribution in [0.5, 0.6) is 0 Å². The molecule has 1 saturated heterocycles. The molecule has 0 bridgehead atoms. The Bertz CT molecular complexity index is 434. The van der Waals surface area contributed by atoms with Gasteiger partial charge in [0, 0.05) is 18.3 Å². The van der Waals surface area contributed by atoms with E-state index in [9.17, 15) is 5.11 Å². The SMILES string of the molecule is CC(O)c1cccnc1N1CCOC2CCCCC21. The van der Waals surface area contributed by atoms with E-state index < -0.39 is 6.10 Å². The lowest BCUT2D eigenvalue weighted by molar-refractivity contribution is -0.00920. The number of aromatic nitrogens is 1. The smallest absolute Gasteiger partial charge is 0.134 e. The molecule has 1 aromatic heterocycles. The molecule has 0 aromatic carbocycles. The maximum Gasteiger partial charge on any atom is 0.134 e. The van der Waals surface area contributed by atoms with E-state index in [4.69, 9.17) is 4.74 Å². The van der Waals surface area contributed by atoms with Crippen molar-refractivity contribution >= 4 is 5.82 Å². The molecule has 2 aliphatic rings. The maximum absolute atomic E-state index is 9.93. The van der Waals surface area contributed by atoms with Crippen LogP contribution in [0.1, 0.15) is 44.3 Å². The van der Waals surface area contributed by atoms with Crippen LogP contribution in [0.3, 0.4) is 0 Å². The molecule has 1 aliphatic heterocycles. The fourth-order valence-corrected chi connectivity index (χ4v) is 3.33. The summed E-state index contributed by atoms with van der Waals surface area (Å²) in [7, 11) is 0. The van der Waals surface area contributed by atoms with Crippen LogP contribution in [0.25, 0.3) is 0 Å². The first-order valence-electron chi connectivity index (χ1n) is 7.28. The Morgan fingerprint density at radius 3 is 3.11 bits per heavy atom. The van der Waals surface area contributed by atoms with Crippen LogP contribution >= 0.6 is 0 Å². The van der Waals surface area contributed by atoms with E-state index in [1.165, 1.54) is 19.3 Å². The predicted molar refractivity (Wildman–Crippen MR) is 74.2 cm³/mol. The highest BCUT2D eigenvalue weighted by Crippen LogP contribution is 2.34. The predicted octanol–water partition coefficient (Wildman–Crippen LogP) is 2.28. The lowest BCUT2D eigenvalue weighted by Crippen LogP contribution is -2.53. The first-order valence-corrected chi connectivity index (χ1v) is 7.28. The van der Waals surface area contributed by atoms with Crippen molar-refractivity contribution in [3.8, 4) is 0 Å². The van der Waals surface area contributed by atoms with Crippen LogP contribution in [0, 0.1) is 0 Å². The average molecular weight is 262 g/mol. The molecular formula is C15H22N2O2. The molecule has 1 saturated carbocycles. The Hall–Kier alpha value is -1.13. The number of nitrogens with zero attached hydrogens (tertiary/aromatic N) is 2. The molecule has 1 aliphatic carbocycles. The average Bonchev–Trinajstić information content (AvgIpc) is 2.46. The lowest BCUT2D eigenvalue weighted by atomic mass is 9.90. The van der Waals surface area contributed by atoms with E-state index in [0.29, 0.717) is 12.1 Å². The third-order valence-electron chi connectivity index (χ3n) is 4.27. The van der Waals surface area contributed by atoms with Gasteiger partial charge in [0.2, 0.25) is 0 Å². The van der Waals surface area contributed by atoms with Crippen molar-refractivity contribution in [3.63, 3.8) is 0 Å². The number of aliphatic hydroxyl groups excluding tert-OH is 1. The summed E-state index contributed by atoms with van der Waals surface area (Å²) in [5.41, 5.74) is 0.925. The summed E-state index contributed by atoms with van der Waals surface area (Å²) < 4.78 is 5.90. The van der Waals surface area contributed by atoms with Gasteiger partial charge in [-0.2, -0.15) is 0 Å². The number of morpholine rings is 1. The van der Waals surface area contributed by atoms with E-state index in [2.05, 4.69) is 9.88 Å². The quantitative estimate of drug-likeness (QED) is 0.888. The van der Waals surface area contributed by atoms with Gasteiger partial charge >= 0.3 is 0 Å². The van der Waals surface area contributed by atoms with Crippen molar-refractivity contribution in [2.75, 3.05) is 18.1 Å². The van der Waals surface area contributed by atoms with Gasteiger partial charge in [-0.05, 0) is 25.8 Å². The van der Waals surface area contributed by atoms with Crippen LogP contribution in [-0.2, 0) is 4.74 Å². The summed E-state index contributed by atoms with van der Waals surface area (Å²) in [6, 6.07) is 4.29. The third kappa shape index (κ3) is 2.47. The Kier molecular flexibility index (Phi) is 3.71. The zero-order valence-corrected chi connectivity index (χ0v) is 11.5. The Balaban J connectivity index is 1.91. The van der Waals surface area contributed by atoms with Gasteiger partial charge in [0.25, 0.3) is 0 Å². The first-order chi connectivity index (χ1) is 9.27. The van der Waals surface area contributed by atoms with E-state index >= 15 is 0 Å². The molecule has 104 valence electrons. The second-order valence-electron chi connectivity index (χ2n) is 5.55. The molecule has 4 heteroatoms. The molecule has 3 rings (SSSR count). The van der Waals surface area contributed by atoms with Crippen molar-refractivity contribution in [2.24, 2.45) is 0 Å². The summed E-state index contributed by atoms with van der Waals surface area (Å²) in [4.78, 5) is 6.88. The molecule has 2 heterocycles. The van der Waals surface area contributed by atoms with E-state index in [-0.39, 0.29) is 0 Å². The van der Waals surface area contributed by atoms with Crippen molar-refractivity contribution in [1.82, 2.24) is 4.98 Å². The highest BCUT2D eigenvalue weighted by molar-refractivity contribution is 5.49. The summed E-state index contributed by atoms with van der Waals surface area (Å²) in [5, 5.41) is 9.93. The number of fused-ring (bicyclic) bond motifs is 1. The van der Waals surface area contributed by atoms with Gasteiger partial charge in [-0.25, -0.2) is 4.98 Å². The number of hydrogen-bond donors (Lipinski definition) is 1. The molecule has 4 nitrogen and oxygen atoms in total. The van der Waals surface area contributed by atoms with Crippen molar-refractivity contribution in [2.45, 2.75) is 50.9 Å². The van der Waals surface area contributed by atoms with Crippen molar-refractivity contribution < 1.29 is 9.84 Å². The zero-order valence-electron chi connectivity index (χ0n) is 11.5. The molecule has 1 N–H and O–H groups in total. The molecule has 0 amide bonds. The largest absolute Gasteiger partial charge is 0.389 e. The van der Waals surface area contributed by atoms with Gasteiger partial charge in [0.05, 0.1) is 24.9 Å². The zero-order chi connectivity index (χ0) is 13.2. The molecule has 0 spiro atoms. The molecule has 19 heavy (non-hydrogen) atoms. The number of anilines is 1. The monoisotopic (exact) mass is 262 g/mol. The van der Waals surface area contributed by atoms with Crippen molar-refractivity contribution in [1.29, 1.82) is 0 Å². The van der Waals surface area contributed by atoms with Gasteiger partial charge in [0.15, 0.2) is 0 Å². The molecule has 0 radical (unpaired) electrons. The van der Waals surface area contributed by atoms with Gasteiger partial charge in [-0.15, -0.1) is 0 Å². The molecular weight excluding hydrogens is 240 g/mol. The first kappa shape index (κ1) is 12.9. The van der Waals surface area contributed by atoms with Gasteiger partial charge in [-0.3, -0.25) is 0 Å². The summed E-state index contributed by atoms with van der Waals surface area (Å²) in [5.74, 6) is 0.942. The second kappa shape index (κ2) is 5.47. The van der Waals surface area contributed by atoms with Crippen LogP contribution in [0.2, 0.25) is 0 Å². The standard InChI is InChI=1S/C15H22N2O2/c1-11(18)12-5-4-8-16-15(12)17-9-10-19-14-7-3-2-6-13(14)17/h4-5,8,11,13-14,18H,2-3,6-7,9-10H2,1H3. The minimum absolute atomic E-state index is 0.339. The Morgan fingerprint density at radius 2 is 2.26 bits per heavy atom. The maximum atomic E-state index is 9.93. The molecule has 2 fully saturated rings. The van der Waals surface area contributed by atoms with Gasteiger partial charge < -0.3 is 14.7 Å². The summed E-state index contributed by atoms with van der Waals surface area (Å²) in [6.07, 6.45) is 6.52. The fraction of sp³-hybridized carbons (Fsp3) is 0.667. The summed E-state index contributed by atoms with van der Waals surface area (Å²) in [6.45, 7) is 3.44. The van der Waals surface area contributed by atoms with Crippen molar-refractivity contribution in [3.05, 3.63) is 23.9 Å². The van der Waals surface area contributed by atoms with E-state index in [1.807, 2.05) is 18.3 Å². The minimum Gasteiger partial charge on any atom is -0.389 e. The number of rotatable bonds is 2. The topological polar surface area (TPSA) is 45.6 Å². The van der Waals surface area contributed by atoms with Gasteiger partial charge in [-0.1, -0.05) is 18.9 Å². The minimum atomic E-state index is -0.478. The summed E-state index contributed by atoms with van der Waals surface area (Å²) >= 11 is 0. The van der Waals surface area contributed by atoms with Gasteiger partial charge in [0.1, 0.15) is 5.82 Å². The highest BCUT2D eigenvalue weighted by Gasteiger charge is 2.35. The number of pyridine rings is 1. The van der Waals surface area contributed by atoms with E-state index in [0.717, 1.165) is 31.0 Å². The fourth-order valence-electron chi connectivity index (χ4n) is 3.33. The molecule has 3 unspecified atom stereocenters. The number of aliphatic hydroxyl groups is 1. The Morgan fingerprint density at radius 1 is 1.42 bits per heavy atom. The Labute approximate surface area is 114 Å². The normalized spacial score (nSPS) is 28.8. The second-order valence-corrected chi connectivity index (χ2v) is 5.55. The van der Waals surface area contributed by atoms with Crippen LogP contribution < -0.4 is 4.90 Å². The van der Waals surface area contributed by atoms with Crippen LogP contribution in [0.15, 0.2) is 18.3 Å². The number of ether oxygens (including phenoxy) is 1. The lowest BCUT2D eigenvalue weighted by Gasteiger charge is -2.45. The number of hydrogen-bond acceptors (Lipinski definition) is 4.